The number of nitrogens with two attached hydrogens (primary N) is 1. The molecule has 1 aromatic heterocycles. The summed E-state index contributed by atoms with van der Waals surface area (Å²) >= 11 is 1.26. The molecular formula is C9H13N3O3S. The second-order valence-electron chi connectivity index (χ2n) is 3.19. The third kappa shape index (κ3) is 2.99. The third-order valence-corrected chi connectivity index (χ3v) is 3.19. The number of nitrogens with one attached hydrogen (secondary N) is 1. The Hall–Kier alpha value is -1.50. The molecular weight excluding hydrogens is 230 g/mol. The van der Waals surface area contributed by atoms with Gasteiger partial charge in [-0.15, -0.1) is 11.8 Å². The van der Waals surface area contributed by atoms with Gasteiger partial charge in [0.05, 0.1) is 19.4 Å². The van der Waals surface area contributed by atoms with E-state index >= 15 is 0 Å². The van der Waals surface area contributed by atoms with Gasteiger partial charge in [0.2, 0.25) is 0 Å². The van der Waals surface area contributed by atoms with Gasteiger partial charge in [0.15, 0.2) is 0 Å². The summed E-state index contributed by atoms with van der Waals surface area (Å²) in [4.78, 5) is 28.6. The molecule has 1 rings (SSSR count). The number of hydrogen-bond acceptors (Lipinski definition) is 6. The van der Waals surface area contributed by atoms with E-state index in [0.29, 0.717) is 10.8 Å². The second-order valence-corrected chi connectivity index (χ2v) is 4.19. The Labute approximate surface area is 96.6 Å². The fraction of sp³-hybridized carbons (Fsp3) is 0.444. The topological polar surface area (TPSA) is 98.1 Å². The molecule has 0 saturated carbocycles. The van der Waals surface area contributed by atoms with E-state index in [9.17, 15) is 9.59 Å². The van der Waals surface area contributed by atoms with Gasteiger partial charge < -0.3 is 15.5 Å². The molecule has 0 aliphatic rings. The van der Waals surface area contributed by atoms with E-state index in [1.807, 2.05) is 0 Å². The lowest BCUT2D eigenvalue weighted by Crippen LogP contribution is -2.16. The summed E-state index contributed by atoms with van der Waals surface area (Å²) in [5, 5.41) is 0.430. The summed E-state index contributed by atoms with van der Waals surface area (Å²) in [6.07, 6.45) is 1.28. The van der Waals surface area contributed by atoms with Crippen molar-refractivity contribution < 1.29 is 9.53 Å². The molecule has 0 fully saturated rings. The highest BCUT2D eigenvalue weighted by Crippen LogP contribution is 2.21. The number of aromatic nitrogens is 2. The molecule has 0 spiro atoms. The number of carbonyl (C=O) groups excluding carboxylic acids is 1. The maximum absolute atomic E-state index is 11.1. The fourth-order valence-corrected chi connectivity index (χ4v) is 1.90. The van der Waals surface area contributed by atoms with Crippen molar-refractivity contribution in [2.75, 3.05) is 18.6 Å². The highest BCUT2D eigenvalue weighted by molar-refractivity contribution is 7.99. The number of nitrogen functional groups attached to an aromatic ring is 1. The predicted molar refractivity (Wildman–Crippen MR) is 61.2 cm³/mol. The zero-order valence-electron chi connectivity index (χ0n) is 9.02. The Bertz CT molecular complexity index is 432. The van der Waals surface area contributed by atoms with Crippen LogP contribution in [0.15, 0.2) is 16.1 Å². The molecule has 0 saturated heterocycles. The molecule has 0 aliphatic heterocycles. The van der Waals surface area contributed by atoms with Crippen LogP contribution in [0.2, 0.25) is 0 Å². The summed E-state index contributed by atoms with van der Waals surface area (Å²) in [5.74, 6) is -0.0979. The first-order valence-corrected chi connectivity index (χ1v) is 5.58. The van der Waals surface area contributed by atoms with Crippen molar-refractivity contribution in [3.63, 3.8) is 0 Å². The van der Waals surface area contributed by atoms with Crippen LogP contribution < -0.4 is 11.3 Å². The highest BCUT2D eigenvalue weighted by Gasteiger charge is 2.15. The van der Waals surface area contributed by atoms with Gasteiger partial charge in [-0.1, -0.05) is 6.92 Å². The van der Waals surface area contributed by atoms with Crippen LogP contribution in [0.5, 0.6) is 0 Å². The molecule has 0 bridgehead atoms. The highest BCUT2D eigenvalue weighted by atomic mass is 32.2. The largest absolute Gasteiger partial charge is 0.469 e. The quantitative estimate of drug-likeness (QED) is 0.447. The molecule has 1 aromatic rings. The minimum atomic E-state index is -0.372. The van der Waals surface area contributed by atoms with Crippen LogP contribution in [0, 0.1) is 5.92 Å². The van der Waals surface area contributed by atoms with Crippen LogP contribution >= 0.6 is 11.8 Å². The van der Waals surface area contributed by atoms with E-state index in [0.717, 1.165) is 0 Å². The van der Waals surface area contributed by atoms with Gasteiger partial charge in [-0.2, -0.15) is 0 Å². The van der Waals surface area contributed by atoms with Crippen molar-refractivity contribution >= 4 is 23.4 Å². The van der Waals surface area contributed by atoms with Gasteiger partial charge >= 0.3 is 5.97 Å². The SMILES string of the molecule is COC(=O)C(C)CSc1nc[nH]c(=O)c1N. The number of H-pyrrole nitrogens is 1. The second kappa shape index (κ2) is 5.55. The fourth-order valence-electron chi connectivity index (χ4n) is 0.982. The summed E-state index contributed by atoms with van der Waals surface area (Å²) in [6, 6.07) is 0. The van der Waals surface area contributed by atoms with Crippen molar-refractivity contribution in [2.45, 2.75) is 11.9 Å². The van der Waals surface area contributed by atoms with Crippen LogP contribution in [-0.4, -0.2) is 28.8 Å². The molecule has 7 heteroatoms. The maximum atomic E-state index is 11.1. The molecule has 0 radical (unpaired) electrons. The van der Waals surface area contributed by atoms with Crippen molar-refractivity contribution in [1.29, 1.82) is 0 Å². The van der Waals surface area contributed by atoms with Crippen LogP contribution in [0.25, 0.3) is 0 Å². The summed E-state index contributed by atoms with van der Waals surface area (Å²) in [5.41, 5.74) is 5.24. The van der Waals surface area contributed by atoms with Crippen LogP contribution in [-0.2, 0) is 9.53 Å². The van der Waals surface area contributed by atoms with E-state index < -0.39 is 0 Å². The molecule has 1 atom stereocenters. The minimum Gasteiger partial charge on any atom is -0.469 e. The number of carbonyl (C=O) groups is 1. The van der Waals surface area contributed by atoms with Crippen molar-refractivity contribution in [1.82, 2.24) is 9.97 Å². The minimum absolute atomic E-state index is 0.0737. The molecule has 0 amide bonds. The molecule has 0 aromatic carbocycles. The molecule has 3 N–H and O–H groups in total. The smallest absolute Gasteiger partial charge is 0.309 e. The van der Waals surface area contributed by atoms with Crippen molar-refractivity contribution in [2.24, 2.45) is 5.92 Å². The zero-order valence-corrected chi connectivity index (χ0v) is 9.84. The molecule has 0 aliphatic carbocycles. The number of anilines is 1. The van der Waals surface area contributed by atoms with Crippen molar-refractivity contribution in [3.05, 3.63) is 16.7 Å². The van der Waals surface area contributed by atoms with E-state index in [1.54, 1.807) is 6.92 Å². The number of aromatic amines is 1. The maximum Gasteiger partial charge on any atom is 0.309 e. The van der Waals surface area contributed by atoms with E-state index in [4.69, 9.17) is 5.73 Å². The van der Waals surface area contributed by atoms with Gasteiger partial charge in [-0.05, 0) is 0 Å². The first-order chi connectivity index (χ1) is 7.56. The number of rotatable bonds is 4. The van der Waals surface area contributed by atoms with Gasteiger partial charge in [-0.25, -0.2) is 4.98 Å². The summed E-state index contributed by atoms with van der Waals surface area (Å²) < 4.78 is 4.58. The Morgan fingerprint density at radius 2 is 2.44 bits per heavy atom. The van der Waals surface area contributed by atoms with Gasteiger partial charge in [0, 0.05) is 5.75 Å². The number of thioether (sulfide) groups is 1. The first-order valence-electron chi connectivity index (χ1n) is 4.60. The first kappa shape index (κ1) is 12.6. The molecule has 1 heterocycles. The molecule has 16 heavy (non-hydrogen) atoms. The van der Waals surface area contributed by atoms with Gasteiger partial charge in [-0.3, -0.25) is 9.59 Å². The van der Waals surface area contributed by atoms with E-state index in [2.05, 4.69) is 14.7 Å². The average Bonchev–Trinajstić information content (AvgIpc) is 2.29. The average molecular weight is 243 g/mol. The molecule has 1 unspecified atom stereocenters. The Morgan fingerprint density at radius 3 is 3.06 bits per heavy atom. The number of ether oxygens (including phenoxy) is 1. The summed E-state index contributed by atoms with van der Waals surface area (Å²) in [6.45, 7) is 1.74. The standard InChI is InChI=1S/C9H13N3O3S/c1-5(9(14)15-2)3-16-8-6(10)7(13)11-4-12-8/h4-5H,3,10H2,1-2H3,(H,11,12,13). The number of esters is 1. The monoisotopic (exact) mass is 243 g/mol. The van der Waals surface area contributed by atoms with E-state index in [1.165, 1.54) is 25.2 Å². The number of methoxy groups -OCH3 is 1. The Morgan fingerprint density at radius 1 is 1.75 bits per heavy atom. The van der Waals surface area contributed by atoms with Gasteiger partial charge in [0.25, 0.3) is 5.56 Å². The lowest BCUT2D eigenvalue weighted by molar-refractivity contribution is -0.143. The van der Waals surface area contributed by atoms with Crippen LogP contribution in [0.1, 0.15) is 6.92 Å². The summed E-state index contributed by atoms with van der Waals surface area (Å²) in [7, 11) is 1.34. The number of hydrogen-bond donors (Lipinski definition) is 2. The molecule has 6 nitrogen and oxygen atoms in total. The Kier molecular flexibility index (Phi) is 4.36. The normalized spacial score (nSPS) is 12.1. The van der Waals surface area contributed by atoms with Crippen molar-refractivity contribution in [3.8, 4) is 0 Å². The Balaban J connectivity index is 2.65. The van der Waals surface area contributed by atoms with Crippen LogP contribution in [0.4, 0.5) is 5.69 Å². The van der Waals surface area contributed by atoms with Gasteiger partial charge in [0.1, 0.15) is 10.7 Å². The third-order valence-electron chi connectivity index (χ3n) is 1.93. The zero-order chi connectivity index (χ0) is 12.1. The van der Waals surface area contributed by atoms with Crippen LogP contribution in [0.3, 0.4) is 0 Å². The number of nitrogens with zero attached hydrogens (tertiary/aromatic N) is 1. The lowest BCUT2D eigenvalue weighted by Gasteiger charge is -2.08. The predicted octanol–water partition coefficient (Wildman–Crippen LogP) is 0.253. The van der Waals surface area contributed by atoms with E-state index in [-0.39, 0.29) is 23.1 Å². The lowest BCUT2D eigenvalue weighted by atomic mass is 10.2. The molecule has 88 valence electrons.